The zero-order valence-corrected chi connectivity index (χ0v) is 10.2. The van der Waals surface area contributed by atoms with Crippen molar-refractivity contribution in [2.24, 2.45) is 7.05 Å². The van der Waals surface area contributed by atoms with Gasteiger partial charge >= 0.3 is 0 Å². The van der Waals surface area contributed by atoms with Crippen molar-refractivity contribution in [1.82, 2.24) is 20.1 Å². The number of nitrogens with zero attached hydrogens (tertiary/aromatic N) is 3. The minimum absolute atomic E-state index is 0.231. The quantitative estimate of drug-likeness (QED) is 0.835. The third-order valence-electron chi connectivity index (χ3n) is 4.12. The van der Waals surface area contributed by atoms with Crippen LogP contribution in [-0.2, 0) is 12.5 Å². The van der Waals surface area contributed by atoms with Crippen LogP contribution in [0.3, 0.4) is 0 Å². The summed E-state index contributed by atoms with van der Waals surface area (Å²) in [6, 6.07) is 0. The largest absolute Gasteiger partial charge is 0.316 e. The lowest BCUT2D eigenvalue weighted by Crippen LogP contribution is -2.31. The Morgan fingerprint density at radius 3 is 2.88 bits per heavy atom. The van der Waals surface area contributed by atoms with Crippen LogP contribution in [0.4, 0.5) is 0 Å². The monoisotopic (exact) mass is 220 g/mol. The van der Waals surface area contributed by atoms with Gasteiger partial charge in [-0.1, -0.05) is 6.92 Å². The molecule has 2 aliphatic rings. The van der Waals surface area contributed by atoms with Crippen molar-refractivity contribution < 1.29 is 0 Å². The van der Waals surface area contributed by atoms with E-state index in [1.165, 1.54) is 25.1 Å². The van der Waals surface area contributed by atoms with Gasteiger partial charge in [0.15, 0.2) is 5.82 Å². The van der Waals surface area contributed by atoms with Crippen LogP contribution in [-0.4, -0.2) is 27.9 Å². The topological polar surface area (TPSA) is 42.7 Å². The number of hydrogen-bond donors (Lipinski definition) is 1. The second-order valence-electron chi connectivity index (χ2n) is 5.25. The maximum absolute atomic E-state index is 4.81. The van der Waals surface area contributed by atoms with Crippen LogP contribution in [0.5, 0.6) is 0 Å². The van der Waals surface area contributed by atoms with Crippen molar-refractivity contribution in [2.75, 3.05) is 13.1 Å². The first-order valence-corrected chi connectivity index (χ1v) is 6.37. The average molecular weight is 220 g/mol. The molecule has 1 N–H and O–H groups in total. The van der Waals surface area contributed by atoms with Gasteiger partial charge in [-0.3, -0.25) is 4.68 Å². The summed E-state index contributed by atoms with van der Waals surface area (Å²) < 4.78 is 2.02. The predicted octanol–water partition coefficient (Wildman–Crippen LogP) is 1.33. The van der Waals surface area contributed by atoms with E-state index in [4.69, 9.17) is 4.98 Å². The lowest BCUT2D eigenvalue weighted by atomic mass is 9.83. The Morgan fingerprint density at radius 2 is 2.31 bits per heavy atom. The molecule has 2 heterocycles. The zero-order valence-electron chi connectivity index (χ0n) is 10.2. The van der Waals surface area contributed by atoms with Gasteiger partial charge in [-0.25, -0.2) is 4.98 Å². The summed E-state index contributed by atoms with van der Waals surface area (Å²) in [5.41, 5.74) is 0.231. The van der Waals surface area contributed by atoms with E-state index in [9.17, 15) is 0 Å². The summed E-state index contributed by atoms with van der Waals surface area (Å²) in [6.45, 7) is 4.43. The zero-order chi connectivity index (χ0) is 11.2. The maximum atomic E-state index is 4.81. The number of aromatic nitrogens is 3. The summed E-state index contributed by atoms with van der Waals surface area (Å²) in [5.74, 6) is 2.93. The van der Waals surface area contributed by atoms with Gasteiger partial charge in [0.1, 0.15) is 5.82 Å². The molecule has 1 aliphatic carbocycles. The van der Waals surface area contributed by atoms with Crippen molar-refractivity contribution in [2.45, 2.75) is 43.9 Å². The maximum Gasteiger partial charge on any atom is 0.154 e. The lowest BCUT2D eigenvalue weighted by Gasteiger charge is -2.24. The van der Waals surface area contributed by atoms with Gasteiger partial charge in [0.2, 0.25) is 0 Å². The average Bonchev–Trinajstić information content (AvgIpc) is 2.89. The molecule has 1 saturated heterocycles. The number of aryl methyl sites for hydroxylation is 1. The van der Waals surface area contributed by atoms with E-state index in [-0.39, 0.29) is 5.41 Å². The highest BCUT2D eigenvalue weighted by Gasteiger charge is 2.39. The smallest absolute Gasteiger partial charge is 0.154 e. The lowest BCUT2D eigenvalue weighted by molar-refractivity contribution is 0.405. The molecule has 0 bridgehead atoms. The van der Waals surface area contributed by atoms with Crippen molar-refractivity contribution in [3.05, 3.63) is 11.6 Å². The van der Waals surface area contributed by atoms with Gasteiger partial charge in [-0.2, -0.15) is 5.10 Å². The molecule has 4 heteroatoms. The Kier molecular flexibility index (Phi) is 2.28. The van der Waals surface area contributed by atoms with E-state index in [0.717, 1.165) is 25.3 Å². The Hall–Kier alpha value is -0.900. The van der Waals surface area contributed by atoms with E-state index in [0.29, 0.717) is 5.92 Å². The van der Waals surface area contributed by atoms with E-state index in [1.807, 2.05) is 11.7 Å². The molecule has 2 fully saturated rings. The van der Waals surface area contributed by atoms with E-state index < -0.39 is 0 Å². The van der Waals surface area contributed by atoms with Crippen LogP contribution in [0.1, 0.15) is 50.2 Å². The normalized spacial score (nSPS) is 29.9. The minimum atomic E-state index is 0.231. The van der Waals surface area contributed by atoms with Gasteiger partial charge in [-0.05, 0) is 32.2 Å². The summed E-state index contributed by atoms with van der Waals surface area (Å²) >= 11 is 0. The molecule has 3 rings (SSSR count). The minimum Gasteiger partial charge on any atom is -0.316 e. The van der Waals surface area contributed by atoms with Crippen molar-refractivity contribution in [3.8, 4) is 0 Å². The van der Waals surface area contributed by atoms with Crippen LogP contribution >= 0.6 is 0 Å². The van der Waals surface area contributed by atoms with Gasteiger partial charge in [-0.15, -0.1) is 0 Å². The van der Waals surface area contributed by atoms with Crippen LogP contribution in [0.2, 0.25) is 0 Å². The van der Waals surface area contributed by atoms with Gasteiger partial charge in [0.25, 0.3) is 0 Å². The summed E-state index contributed by atoms with van der Waals surface area (Å²) in [7, 11) is 2.05. The molecule has 0 radical (unpaired) electrons. The fourth-order valence-corrected chi connectivity index (χ4v) is 2.78. The van der Waals surface area contributed by atoms with Crippen LogP contribution in [0, 0.1) is 0 Å². The molecule has 0 aromatic carbocycles. The Morgan fingerprint density at radius 1 is 1.50 bits per heavy atom. The van der Waals surface area contributed by atoms with Crippen LogP contribution < -0.4 is 5.32 Å². The van der Waals surface area contributed by atoms with E-state index in [2.05, 4.69) is 17.3 Å². The Balaban J connectivity index is 1.97. The Bertz CT molecular complexity index is 386. The van der Waals surface area contributed by atoms with Crippen molar-refractivity contribution in [1.29, 1.82) is 0 Å². The molecule has 1 aromatic heterocycles. The molecule has 1 aliphatic heterocycles. The molecule has 16 heavy (non-hydrogen) atoms. The molecule has 1 aromatic rings. The molecule has 0 spiro atoms. The van der Waals surface area contributed by atoms with Gasteiger partial charge in [0, 0.05) is 24.9 Å². The van der Waals surface area contributed by atoms with Gasteiger partial charge in [0.05, 0.1) is 0 Å². The molecule has 1 unspecified atom stereocenters. The molecule has 4 nitrogen and oxygen atoms in total. The van der Waals surface area contributed by atoms with E-state index >= 15 is 0 Å². The van der Waals surface area contributed by atoms with Crippen LogP contribution in [0.15, 0.2) is 0 Å². The third kappa shape index (κ3) is 1.47. The highest BCUT2D eigenvalue weighted by molar-refractivity contribution is 5.16. The first-order chi connectivity index (χ1) is 7.75. The molecule has 88 valence electrons. The first-order valence-electron chi connectivity index (χ1n) is 6.37. The third-order valence-corrected chi connectivity index (χ3v) is 4.12. The molecule has 0 amide bonds. The second kappa shape index (κ2) is 3.55. The SMILES string of the molecule is CCC1(c2nc(C3CC3)nn2C)CCNC1. The fraction of sp³-hybridized carbons (Fsp3) is 0.833. The second-order valence-corrected chi connectivity index (χ2v) is 5.25. The van der Waals surface area contributed by atoms with Gasteiger partial charge < -0.3 is 5.32 Å². The van der Waals surface area contributed by atoms with Crippen LogP contribution in [0.25, 0.3) is 0 Å². The number of hydrogen-bond acceptors (Lipinski definition) is 3. The van der Waals surface area contributed by atoms with Crippen molar-refractivity contribution in [3.63, 3.8) is 0 Å². The van der Waals surface area contributed by atoms with Crippen molar-refractivity contribution >= 4 is 0 Å². The fourth-order valence-electron chi connectivity index (χ4n) is 2.78. The van der Waals surface area contributed by atoms with E-state index in [1.54, 1.807) is 0 Å². The Labute approximate surface area is 96.4 Å². The molecular formula is C12H20N4. The number of nitrogens with one attached hydrogen (secondary N) is 1. The summed E-state index contributed by atoms with van der Waals surface area (Å²) in [6.07, 6.45) is 4.90. The standard InChI is InChI=1S/C12H20N4/c1-3-12(6-7-13-8-12)11-14-10(9-4-5-9)15-16(11)2/h9,13H,3-8H2,1-2H3. The summed E-state index contributed by atoms with van der Waals surface area (Å²) in [5, 5.41) is 8.05. The molecule has 1 atom stereocenters. The first kappa shape index (κ1) is 10.3. The molecule has 1 saturated carbocycles. The highest BCUT2D eigenvalue weighted by atomic mass is 15.3. The molecular weight excluding hydrogens is 200 g/mol. The highest BCUT2D eigenvalue weighted by Crippen LogP contribution is 2.40. The summed E-state index contributed by atoms with van der Waals surface area (Å²) in [4.78, 5) is 4.81. The predicted molar refractivity (Wildman–Crippen MR) is 62.4 cm³/mol. The number of rotatable bonds is 3.